The van der Waals surface area contributed by atoms with Gasteiger partial charge in [-0.1, -0.05) is 12.1 Å². The van der Waals surface area contributed by atoms with Gasteiger partial charge in [0, 0.05) is 10.6 Å². The van der Waals surface area contributed by atoms with Crippen LogP contribution in [0.5, 0.6) is 0 Å². The van der Waals surface area contributed by atoms with Gasteiger partial charge >= 0.3 is 0 Å². The van der Waals surface area contributed by atoms with Crippen molar-refractivity contribution in [2.24, 2.45) is 0 Å². The van der Waals surface area contributed by atoms with Gasteiger partial charge in [0.15, 0.2) is 0 Å². The molecule has 1 aromatic carbocycles. The number of hydrogen-bond donors (Lipinski definition) is 1. The standard InChI is InChI=1S/C16H12BrNOS3/c17-15-6-5-14(22-15)16(19)18-12-3-1-2-4-13(12)21-10-11-7-8-20-9-11/h1-9H,10H2,(H,18,19). The lowest BCUT2D eigenvalue weighted by molar-refractivity contribution is 0.103. The fraction of sp³-hybridized carbons (Fsp3) is 0.0625. The summed E-state index contributed by atoms with van der Waals surface area (Å²) in [7, 11) is 0. The third-order valence-electron chi connectivity index (χ3n) is 2.91. The summed E-state index contributed by atoms with van der Waals surface area (Å²) in [6, 6.07) is 13.7. The molecule has 112 valence electrons. The van der Waals surface area contributed by atoms with Gasteiger partial charge in [-0.25, -0.2) is 0 Å². The first-order valence-corrected chi connectivity index (χ1v) is 10.1. The number of amides is 1. The van der Waals surface area contributed by atoms with E-state index in [4.69, 9.17) is 0 Å². The third kappa shape index (κ3) is 4.01. The molecule has 2 nitrogen and oxygen atoms in total. The fourth-order valence-electron chi connectivity index (χ4n) is 1.85. The Morgan fingerprint density at radius 2 is 2.05 bits per heavy atom. The Bertz CT molecular complexity index is 767. The van der Waals surface area contributed by atoms with Crippen molar-refractivity contribution in [1.82, 2.24) is 0 Å². The van der Waals surface area contributed by atoms with Crippen LogP contribution in [0.25, 0.3) is 0 Å². The highest BCUT2D eigenvalue weighted by molar-refractivity contribution is 9.11. The minimum atomic E-state index is -0.0701. The van der Waals surface area contributed by atoms with Crippen molar-refractivity contribution in [3.8, 4) is 0 Å². The first-order valence-electron chi connectivity index (χ1n) is 6.52. The van der Waals surface area contributed by atoms with E-state index in [2.05, 4.69) is 38.1 Å². The molecule has 22 heavy (non-hydrogen) atoms. The van der Waals surface area contributed by atoms with Crippen LogP contribution in [-0.2, 0) is 5.75 Å². The van der Waals surface area contributed by atoms with Crippen LogP contribution in [0.3, 0.4) is 0 Å². The zero-order valence-corrected chi connectivity index (χ0v) is 15.4. The number of rotatable bonds is 5. The van der Waals surface area contributed by atoms with Gasteiger partial charge in [-0.15, -0.1) is 23.1 Å². The quantitative estimate of drug-likeness (QED) is 0.514. The molecular weight excluding hydrogens is 398 g/mol. The Morgan fingerprint density at radius 3 is 2.77 bits per heavy atom. The van der Waals surface area contributed by atoms with Crippen LogP contribution < -0.4 is 5.32 Å². The second kappa shape index (κ2) is 7.46. The topological polar surface area (TPSA) is 29.1 Å². The third-order valence-corrected chi connectivity index (χ3v) is 6.41. The summed E-state index contributed by atoms with van der Waals surface area (Å²) in [5.41, 5.74) is 2.16. The van der Waals surface area contributed by atoms with Gasteiger partial charge < -0.3 is 5.32 Å². The van der Waals surface area contributed by atoms with E-state index in [0.29, 0.717) is 4.88 Å². The molecule has 1 N–H and O–H groups in total. The zero-order valence-electron chi connectivity index (χ0n) is 11.4. The summed E-state index contributed by atoms with van der Waals surface area (Å²) >= 11 is 8.25. The Morgan fingerprint density at radius 1 is 1.18 bits per heavy atom. The molecular formula is C16H12BrNOS3. The fourth-order valence-corrected chi connectivity index (χ4v) is 4.86. The molecule has 0 fully saturated rings. The predicted octanol–water partition coefficient (Wildman–Crippen LogP) is 6.12. The van der Waals surface area contributed by atoms with Crippen LogP contribution in [0.4, 0.5) is 5.69 Å². The number of thiophene rings is 2. The number of anilines is 1. The molecule has 0 saturated carbocycles. The number of thioether (sulfide) groups is 1. The van der Waals surface area contributed by atoms with Gasteiger partial charge in [-0.2, -0.15) is 11.3 Å². The summed E-state index contributed by atoms with van der Waals surface area (Å²) < 4.78 is 0.956. The van der Waals surface area contributed by atoms with Crippen LogP contribution in [0, 0.1) is 0 Å². The first-order chi connectivity index (χ1) is 10.7. The lowest BCUT2D eigenvalue weighted by Gasteiger charge is -2.09. The Hall–Kier alpha value is -1.08. The monoisotopic (exact) mass is 409 g/mol. The summed E-state index contributed by atoms with van der Waals surface area (Å²) in [5, 5.41) is 7.23. The van der Waals surface area contributed by atoms with Gasteiger partial charge in [0.05, 0.1) is 14.4 Å². The average Bonchev–Trinajstić information content (AvgIpc) is 3.17. The highest BCUT2D eigenvalue weighted by Gasteiger charge is 2.11. The number of carbonyl (C=O) groups excluding carboxylic acids is 1. The average molecular weight is 410 g/mol. The molecule has 3 aromatic rings. The number of nitrogens with one attached hydrogen (secondary N) is 1. The van der Waals surface area contributed by atoms with Crippen molar-refractivity contribution < 1.29 is 4.79 Å². The molecule has 3 rings (SSSR count). The van der Waals surface area contributed by atoms with E-state index in [1.54, 1.807) is 23.1 Å². The maximum absolute atomic E-state index is 12.3. The normalized spacial score (nSPS) is 10.6. The number of carbonyl (C=O) groups is 1. The molecule has 0 atom stereocenters. The van der Waals surface area contributed by atoms with Crippen molar-refractivity contribution in [3.05, 3.63) is 67.5 Å². The molecule has 0 radical (unpaired) electrons. The highest BCUT2D eigenvalue weighted by atomic mass is 79.9. The van der Waals surface area contributed by atoms with Crippen molar-refractivity contribution in [2.75, 3.05) is 5.32 Å². The van der Waals surface area contributed by atoms with Gasteiger partial charge in [-0.3, -0.25) is 4.79 Å². The molecule has 0 unspecified atom stereocenters. The van der Waals surface area contributed by atoms with Crippen molar-refractivity contribution in [1.29, 1.82) is 0 Å². The second-order valence-corrected chi connectivity index (χ2v) is 8.73. The lowest BCUT2D eigenvalue weighted by Crippen LogP contribution is -2.10. The van der Waals surface area contributed by atoms with E-state index in [0.717, 1.165) is 20.1 Å². The summed E-state index contributed by atoms with van der Waals surface area (Å²) in [4.78, 5) is 14.1. The van der Waals surface area contributed by atoms with Crippen LogP contribution in [0.15, 0.2) is 61.9 Å². The molecule has 2 heterocycles. The minimum absolute atomic E-state index is 0.0701. The van der Waals surface area contributed by atoms with Gasteiger partial charge in [0.1, 0.15) is 0 Å². The van der Waals surface area contributed by atoms with Crippen molar-refractivity contribution in [3.63, 3.8) is 0 Å². The molecule has 6 heteroatoms. The summed E-state index contributed by atoms with van der Waals surface area (Å²) in [6.45, 7) is 0. The molecule has 0 aliphatic rings. The van der Waals surface area contributed by atoms with Gasteiger partial charge in [0.25, 0.3) is 5.91 Å². The summed E-state index contributed by atoms with van der Waals surface area (Å²) in [5.74, 6) is 0.834. The molecule has 0 aliphatic heterocycles. The zero-order chi connectivity index (χ0) is 15.4. The SMILES string of the molecule is O=C(Nc1ccccc1SCc1ccsc1)c1ccc(Br)s1. The van der Waals surface area contributed by atoms with Crippen LogP contribution in [-0.4, -0.2) is 5.91 Å². The van der Waals surface area contributed by atoms with Crippen LogP contribution >= 0.6 is 50.4 Å². The van der Waals surface area contributed by atoms with E-state index in [1.165, 1.54) is 16.9 Å². The van der Waals surface area contributed by atoms with E-state index < -0.39 is 0 Å². The molecule has 2 aromatic heterocycles. The maximum Gasteiger partial charge on any atom is 0.265 e. The van der Waals surface area contributed by atoms with Gasteiger partial charge in [-0.05, 0) is 62.6 Å². The number of para-hydroxylation sites is 1. The summed E-state index contributed by atoms with van der Waals surface area (Å²) in [6.07, 6.45) is 0. The Kier molecular flexibility index (Phi) is 5.36. The molecule has 0 bridgehead atoms. The molecule has 0 spiro atoms. The highest BCUT2D eigenvalue weighted by Crippen LogP contribution is 2.31. The predicted molar refractivity (Wildman–Crippen MR) is 100 cm³/mol. The van der Waals surface area contributed by atoms with Crippen LogP contribution in [0.2, 0.25) is 0 Å². The Balaban J connectivity index is 1.72. The van der Waals surface area contributed by atoms with E-state index >= 15 is 0 Å². The molecule has 0 saturated heterocycles. The molecule has 1 amide bonds. The van der Waals surface area contributed by atoms with Crippen molar-refractivity contribution >= 4 is 62.0 Å². The Labute approximate surface area is 149 Å². The number of benzene rings is 1. The second-order valence-electron chi connectivity index (χ2n) is 4.47. The van der Waals surface area contributed by atoms with Gasteiger partial charge in [0.2, 0.25) is 0 Å². The largest absolute Gasteiger partial charge is 0.320 e. The number of halogens is 1. The van der Waals surface area contributed by atoms with Crippen LogP contribution in [0.1, 0.15) is 15.2 Å². The molecule has 0 aliphatic carbocycles. The van der Waals surface area contributed by atoms with E-state index in [1.807, 2.05) is 36.4 Å². The van der Waals surface area contributed by atoms with E-state index in [9.17, 15) is 4.79 Å². The first kappa shape index (κ1) is 15.8. The minimum Gasteiger partial charge on any atom is -0.320 e. The van der Waals surface area contributed by atoms with E-state index in [-0.39, 0.29) is 5.91 Å². The van der Waals surface area contributed by atoms with Crippen molar-refractivity contribution in [2.45, 2.75) is 10.6 Å². The smallest absolute Gasteiger partial charge is 0.265 e. The number of hydrogen-bond acceptors (Lipinski definition) is 4. The maximum atomic E-state index is 12.3. The lowest BCUT2D eigenvalue weighted by atomic mass is 10.3.